The minimum absolute atomic E-state index is 0.0606. The lowest BCUT2D eigenvalue weighted by atomic mass is 9.99. The van der Waals surface area contributed by atoms with Gasteiger partial charge < -0.3 is 10.6 Å². The fourth-order valence-electron chi connectivity index (χ4n) is 2.81. The number of halogens is 1. The van der Waals surface area contributed by atoms with Crippen molar-refractivity contribution in [2.24, 2.45) is 5.73 Å². The van der Waals surface area contributed by atoms with Gasteiger partial charge in [-0.15, -0.1) is 0 Å². The van der Waals surface area contributed by atoms with Gasteiger partial charge in [-0.1, -0.05) is 0 Å². The van der Waals surface area contributed by atoms with Crippen LogP contribution in [0.25, 0.3) is 0 Å². The number of nitrogens with zero attached hydrogens (tertiary/aromatic N) is 3. The highest BCUT2D eigenvalue weighted by Crippen LogP contribution is 2.30. The molecule has 1 atom stereocenters. The quantitative estimate of drug-likeness (QED) is 0.911. The molecule has 1 aliphatic rings. The zero-order valence-corrected chi connectivity index (χ0v) is 13.8. The Morgan fingerprint density at radius 2 is 2.25 bits per heavy atom. The third-order valence-electron chi connectivity index (χ3n) is 3.85. The molecule has 2 N–H and O–H groups in total. The molecule has 2 heterocycles. The highest BCUT2D eigenvalue weighted by Gasteiger charge is 2.25. The van der Waals surface area contributed by atoms with E-state index in [1.165, 1.54) is 11.1 Å². The topological polar surface area (TPSA) is 64.2 Å². The van der Waals surface area contributed by atoms with Crippen molar-refractivity contribution >= 4 is 21.6 Å². The van der Waals surface area contributed by atoms with E-state index in [2.05, 4.69) is 25.9 Å². The summed E-state index contributed by atoms with van der Waals surface area (Å²) in [6.45, 7) is 5.56. The molecule has 0 amide bonds. The summed E-state index contributed by atoms with van der Waals surface area (Å²) >= 11 is 3.47. The van der Waals surface area contributed by atoms with Crippen molar-refractivity contribution in [3.05, 3.63) is 21.0 Å². The minimum Gasteiger partial charge on any atom is -0.366 e. The van der Waals surface area contributed by atoms with Crippen molar-refractivity contribution in [1.29, 1.82) is 0 Å². The van der Waals surface area contributed by atoms with E-state index >= 15 is 0 Å². The van der Waals surface area contributed by atoms with Gasteiger partial charge in [-0.2, -0.15) is 5.10 Å². The first-order valence-electron chi connectivity index (χ1n) is 7.30. The summed E-state index contributed by atoms with van der Waals surface area (Å²) in [5.74, 6) is 0. The fourth-order valence-corrected chi connectivity index (χ4v) is 3.33. The monoisotopic (exact) mass is 342 g/mol. The van der Waals surface area contributed by atoms with Gasteiger partial charge in [0, 0.05) is 12.6 Å². The molecule has 1 aromatic rings. The van der Waals surface area contributed by atoms with Crippen LogP contribution in [0.4, 0.5) is 5.69 Å². The molecule has 0 aliphatic carbocycles. The third kappa shape index (κ3) is 3.06. The van der Waals surface area contributed by atoms with E-state index in [1.807, 2.05) is 13.8 Å². The summed E-state index contributed by atoms with van der Waals surface area (Å²) in [5.41, 5.74) is 6.56. The predicted molar refractivity (Wildman–Crippen MR) is 85.2 cm³/mol. The Bertz CT molecular complexity index is 512. The van der Waals surface area contributed by atoms with Crippen LogP contribution in [-0.4, -0.2) is 28.9 Å². The van der Waals surface area contributed by atoms with Gasteiger partial charge in [-0.05, 0) is 62.0 Å². The molecule has 1 aromatic heterocycles. The van der Waals surface area contributed by atoms with Gasteiger partial charge in [0.05, 0.1) is 17.9 Å². The molecule has 0 radical (unpaired) electrons. The fraction of sp³-hybridized carbons (Fsp3) is 0.714. The molecule has 1 saturated heterocycles. The van der Waals surface area contributed by atoms with Crippen molar-refractivity contribution in [3.8, 4) is 0 Å². The Morgan fingerprint density at radius 1 is 1.50 bits per heavy atom. The lowest BCUT2D eigenvalue weighted by molar-refractivity contribution is 0.437. The Kier molecular flexibility index (Phi) is 5.21. The number of nitrogens with two attached hydrogens (primary N) is 1. The number of hydrogen-bond acceptors (Lipinski definition) is 4. The van der Waals surface area contributed by atoms with E-state index in [9.17, 15) is 4.79 Å². The van der Waals surface area contributed by atoms with E-state index in [0.29, 0.717) is 17.1 Å². The van der Waals surface area contributed by atoms with E-state index in [4.69, 9.17) is 5.73 Å². The van der Waals surface area contributed by atoms with Crippen molar-refractivity contribution in [2.45, 2.75) is 51.6 Å². The molecule has 1 fully saturated rings. The van der Waals surface area contributed by atoms with E-state index in [-0.39, 0.29) is 11.6 Å². The number of anilines is 1. The smallest absolute Gasteiger partial charge is 0.283 e. The third-order valence-corrected chi connectivity index (χ3v) is 4.60. The molecule has 5 nitrogen and oxygen atoms in total. The lowest BCUT2D eigenvalue weighted by Crippen LogP contribution is -2.42. The van der Waals surface area contributed by atoms with Gasteiger partial charge in [0.25, 0.3) is 5.56 Å². The van der Waals surface area contributed by atoms with Gasteiger partial charge >= 0.3 is 0 Å². The predicted octanol–water partition coefficient (Wildman–Crippen LogP) is 2.29. The molecule has 0 saturated carbocycles. The Morgan fingerprint density at radius 3 is 2.90 bits per heavy atom. The zero-order valence-electron chi connectivity index (χ0n) is 12.2. The number of rotatable bonds is 4. The highest BCUT2D eigenvalue weighted by molar-refractivity contribution is 9.10. The van der Waals surface area contributed by atoms with Crippen LogP contribution in [0.15, 0.2) is 15.5 Å². The van der Waals surface area contributed by atoms with Crippen molar-refractivity contribution < 1.29 is 0 Å². The van der Waals surface area contributed by atoms with Crippen molar-refractivity contribution in [2.75, 3.05) is 18.0 Å². The summed E-state index contributed by atoms with van der Waals surface area (Å²) < 4.78 is 2.13. The molecular weight excluding hydrogens is 320 g/mol. The first kappa shape index (κ1) is 15.5. The van der Waals surface area contributed by atoms with Crippen LogP contribution in [0.5, 0.6) is 0 Å². The van der Waals surface area contributed by atoms with Crippen LogP contribution < -0.4 is 16.2 Å². The maximum absolute atomic E-state index is 12.3. The lowest BCUT2D eigenvalue weighted by Gasteiger charge is -2.37. The van der Waals surface area contributed by atoms with E-state index < -0.39 is 0 Å². The van der Waals surface area contributed by atoms with Gasteiger partial charge in [-0.25, -0.2) is 4.68 Å². The molecule has 112 valence electrons. The van der Waals surface area contributed by atoms with E-state index in [1.54, 1.807) is 6.20 Å². The van der Waals surface area contributed by atoms with Crippen LogP contribution in [0.2, 0.25) is 0 Å². The Hall–Kier alpha value is -0.880. The zero-order chi connectivity index (χ0) is 14.7. The van der Waals surface area contributed by atoms with Crippen LogP contribution in [0.3, 0.4) is 0 Å². The summed E-state index contributed by atoms with van der Waals surface area (Å²) in [4.78, 5) is 14.6. The Balaban J connectivity index is 2.36. The molecule has 6 heteroatoms. The maximum atomic E-state index is 12.3. The van der Waals surface area contributed by atoms with E-state index in [0.717, 1.165) is 31.5 Å². The van der Waals surface area contributed by atoms with Gasteiger partial charge in [0.1, 0.15) is 4.47 Å². The molecule has 1 unspecified atom stereocenters. The van der Waals surface area contributed by atoms with Crippen LogP contribution >= 0.6 is 15.9 Å². The molecule has 2 rings (SSSR count). The van der Waals surface area contributed by atoms with Crippen molar-refractivity contribution in [3.63, 3.8) is 0 Å². The van der Waals surface area contributed by atoms with Gasteiger partial charge in [0.2, 0.25) is 0 Å². The SMILES string of the molecule is CC(C)n1ncc(N2CCCCC2CCN)c(Br)c1=O. The highest BCUT2D eigenvalue weighted by atomic mass is 79.9. The molecule has 1 aliphatic heterocycles. The van der Waals surface area contributed by atoms with Gasteiger partial charge in [-0.3, -0.25) is 4.79 Å². The number of aromatic nitrogens is 2. The molecule has 20 heavy (non-hydrogen) atoms. The van der Waals surface area contributed by atoms with Crippen LogP contribution in [0.1, 0.15) is 45.6 Å². The van der Waals surface area contributed by atoms with Crippen LogP contribution in [0, 0.1) is 0 Å². The molecule has 0 spiro atoms. The minimum atomic E-state index is -0.0606. The molecular formula is C14H23BrN4O. The molecule has 0 aromatic carbocycles. The van der Waals surface area contributed by atoms with Crippen LogP contribution in [-0.2, 0) is 0 Å². The second kappa shape index (κ2) is 6.72. The number of hydrogen-bond donors (Lipinski definition) is 1. The maximum Gasteiger partial charge on any atom is 0.283 e. The first-order chi connectivity index (χ1) is 9.56. The first-order valence-corrected chi connectivity index (χ1v) is 8.09. The average Bonchev–Trinajstić information content (AvgIpc) is 2.43. The largest absolute Gasteiger partial charge is 0.366 e. The molecule has 0 bridgehead atoms. The average molecular weight is 343 g/mol. The van der Waals surface area contributed by atoms with Gasteiger partial charge in [0.15, 0.2) is 0 Å². The number of piperidine rings is 1. The normalized spacial score (nSPS) is 19.6. The summed E-state index contributed by atoms with van der Waals surface area (Å²) in [6, 6.07) is 0.482. The standard InChI is InChI=1S/C14H23BrN4O/c1-10(2)19-14(20)13(15)12(9-17-19)18-8-4-3-5-11(18)6-7-16/h9-11H,3-8,16H2,1-2H3. The second-order valence-corrected chi connectivity index (χ2v) is 6.40. The second-order valence-electron chi connectivity index (χ2n) is 5.61. The summed E-state index contributed by atoms with van der Waals surface area (Å²) in [7, 11) is 0. The summed E-state index contributed by atoms with van der Waals surface area (Å²) in [6.07, 6.45) is 6.28. The summed E-state index contributed by atoms with van der Waals surface area (Å²) in [5, 5.41) is 4.31. The Labute approximate surface area is 128 Å². The van der Waals surface area contributed by atoms with Crippen molar-refractivity contribution in [1.82, 2.24) is 9.78 Å².